The molecule has 15 heavy (non-hydrogen) atoms. The Hall–Kier alpha value is -1.69. The highest BCUT2D eigenvalue weighted by molar-refractivity contribution is 7.00. The van der Waals surface area contributed by atoms with Gasteiger partial charge in [0, 0.05) is 6.54 Å². The van der Waals surface area contributed by atoms with Gasteiger partial charge in [0.05, 0.1) is 24.0 Å². The van der Waals surface area contributed by atoms with E-state index in [1.54, 1.807) is 0 Å². The number of benzene rings is 1. The van der Waals surface area contributed by atoms with Crippen LogP contribution in [0.25, 0.3) is 11.0 Å². The third-order valence-electron chi connectivity index (χ3n) is 2.21. The van der Waals surface area contributed by atoms with Gasteiger partial charge in [0.15, 0.2) is 5.96 Å². The zero-order valence-electron chi connectivity index (χ0n) is 7.90. The van der Waals surface area contributed by atoms with Crippen LogP contribution in [-0.2, 0) is 0 Å². The first-order valence-corrected chi connectivity index (χ1v) is 5.43. The van der Waals surface area contributed by atoms with Crippen LogP contribution >= 0.6 is 11.7 Å². The summed E-state index contributed by atoms with van der Waals surface area (Å²) in [5.41, 5.74) is 2.77. The number of hydrogen-bond donors (Lipinski definition) is 2. The van der Waals surface area contributed by atoms with E-state index in [1.165, 1.54) is 11.7 Å². The average Bonchev–Trinajstić information content (AvgIpc) is 2.87. The van der Waals surface area contributed by atoms with Crippen LogP contribution in [0.15, 0.2) is 23.2 Å². The normalized spacial score (nSPS) is 15.1. The molecular formula is C9H9N5S. The summed E-state index contributed by atoms with van der Waals surface area (Å²) in [7, 11) is 0. The minimum atomic E-state index is 0.815. The van der Waals surface area contributed by atoms with E-state index in [-0.39, 0.29) is 0 Å². The SMILES string of the molecule is c1cc(NC2=NCCN2)c2nsnc2c1. The van der Waals surface area contributed by atoms with Gasteiger partial charge in [-0.2, -0.15) is 8.75 Å². The lowest BCUT2D eigenvalue weighted by Crippen LogP contribution is -2.26. The van der Waals surface area contributed by atoms with Crippen molar-refractivity contribution in [2.45, 2.75) is 0 Å². The molecule has 0 aliphatic carbocycles. The Morgan fingerprint density at radius 2 is 2.33 bits per heavy atom. The number of aliphatic imine (C=N–C) groups is 1. The first kappa shape index (κ1) is 8.60. The smallest absolute Gasteiger partial charge is 0.195 e. The lowest BCUT2D eigenvalue weighted by atomic mass is 10.2. The molecule has 6 heteroatoms. The Balaban J connectivity index is 1.99. The first-order valence-electron chi connectivity index (χ1n) is 4.70. The molecule has 0 amide bonds. The van der Waals surface area contributed by atoms with Gasteiger partial charge in [0.25, 0.3) is 0 Å². The summed E-state index contributed by atoms with van der Waals surface area (Å²) in [4.78, 5) is 4.27. The van der Waals surface area contributed by atoms with Gasteiger partial charge >= 0.3 is 0 Å². The van der Waals surface area contributed by atoms with Gasteiger partial charge in [0.1, 0.15) is 11.0 Å². The molecular weight excluding hydrogens is 210 g/mol. The van der Waals surface area contributed by atoms with E-state index in [0.717, 1.165) is 35.8 Å². The van der Waals surface area contributed by atoms with Crippen LogP contribution < -0.4 is 10.6 Å². The fourth-order valence-electron chi connectivity index (χ4n) is 1.52. The fraction of sp³-hybridized carbons (Fsp3) is 0.222. The fourth-order valence-corrected chi connectivity index (χ4v) is 2.07. The van der Waals surface area contributed by atoms with Gasteiger partial charge < -0.3 is 10.6 Å². The number of guanidine groups is 1. The molecule has 1 aromatic heterocycles. The number of nitrogens with zero attached hydrogens (tertiary/aromatic N) is 3. The predicted octanol–water partition coefficient (Wildman–Crippen LogP) is 1.06. The molecule has 0 spiro atoms. The van der Waals surface area contributed by atoms with Gasteiger partial charge in [-0.05, 0) is 12.1 Å². The van der Waals surface area contributed by atoms with Crippen molar-refractivity contribution in [3.8, 4) is 0 Å². The van der Waals surface area contributed by atoms with E-state index in [4.69, 9.17) is 0 Å². The summed E-state index contributed by atoms with van der Waals surface area (Å²) in [6, 6.07) is 5.89. The molecule has 2 aromatic rings. The molecule has 1 aliphatic rings. The van der Waals surface area contributed by atoms with Gasteiger partial charge in [-0.1, -0.05) is 6.07 Å². The summed E-state index contributed by atoms with van der Waals surface area (Å²) in [6.07, 6.45) is 0. The highest BCUT2D eigenvalue weighted by Gasteiger charge is 2.08. The standard InChI is InChI=1S/C9H9N5S/c1-2-6(12-9-10-4-5-11-9)8-7(3-1)13-15-14-8/h1-3H,4-5H2,(H2,10,11,12). The van der Waals surface area contributed by atoms with Gasteiger partial charge in [-0.15, -0.1) is 0 Å². The minimum Gasteiger partial charge on any atom is -0.354 e. The lowest BCUT2D eigenvalue weighted by molar-refractivity contribution is 0.959. The molecule has 1 aromatic carbocycles. The molecule has 0 saturated heterocycles. The Morgan fingerprint density at radius 3 is 3.20 bits per heavy atom. The summed E-state index contributed by atoms with van der Waals surface area (Å²) in [6.45, 7) is 1.72. The molecule has 2 N–H and O–H groups in total. The zero-order chi connectivity index (χ0) is 10.1. The second-order valence-corrected chi connectivity index (χ2v) is 3.75. The topological polar surface area (TPSA) is 62.2 Å². The van der Waals surface area contributed by atoms with Gasteiger partial charge in [-0.3, -0.25) is 4.99 Å². The van der Waals surface area contributed by atoms with Crippen molar-refractivity contribution in [1.29, 1.82) is 0 Å². The first-order chi connectivity index (χ1) is 7.43. The molecule has 0 fully saturated rings. The lowest BCUT2D eigenvalue weighted by Gasteiger charge is -2.05. The third-order valence-corrected chi connectivity index (χ3v) is 2.76. The van der Waals surface area contributed by atoms with Crippen LogP contribution in [0.4, 0.5) is 5.69 Å². The van der Waals surface area contributed by atoms with Gasteiger partial charge in [0.2, 0.25) is 0 Å². The van der Waals surface area contributed by atoms with Crippen molar-refractivity contribution < 1.29 is 0 Å². The molecule has 0 bridgehead atoms. The zero-order valence-corrected chi connectivity index (χ0v) is 8.71. The minimum absolute atomic E-state index is 0.815. The molecule has 1 aliphatic heterocycles. The number of nitrogens with one attached hydrogen (secondary N) is 2. The van der Waals surface area contributed by atoms with Crippen LogP contribution in [0.5, 0.6) is 0 Å². The van der Waals surface area contributed by atoms with Crippen LogP contribution in [0, 0.1) is 0 Å². The van der Waals surface area contributed by atoms with Crippen molar-refractivity contribution >= 4 is 34.4 Å². The highest BCUT2D eigenvalue weighted by atomic mass is 32.1. The average molecular weight is 219 g/mol. The van der Waals surface area contributed by atoms with Gasteiger partial charge in [-0.25, -0.2) is 0 Å². The third kappa shape index (κ3) is 1.52. The van der Waals surface area contributed by atoms with Crippen LogP contribution in [-0.4, -0.2) is 27.8 Å². The number of fused-ring (bicyclic) bond motifs is 1. The Labute approximate surface area is 90.6 Å². The maximum Gasteiger partial charge on any atom is 0.195 e. The second-order valence-electron chi connectivity index (χ2n) is 3.22. The number of rotatable bonds is 1. The van der Waals surface area contributed by atoms with Crippen LogP contribution in [0.1, 0.15) is 0 Å². The quantitative estimate of drug-likeness (QED) is 0.753. The molecule has 3 rings (SSSR count). The molecule has 0 saturated carbocycles. The monoisotopic (exact) mass is 219 g/mol. The largest absolute Gasteiger partial charge is 0.354 e. The van der Waals surface area contributed by atoms with Crippen molar-refractivity contribution in [3.05, 3.63) is 18.2 Å². The van der Waals surface area contributed by atoms with Crippen molar-refractivity contribution in [1.82, 2.24) is 14.1 Å². The molecule has 76 valence electrons. The molecule has 2 heterocycles. The second kappa shape index (κ2) is 3.47. The van der Waals surface area contributed by atoms with E-state index < -0.39 is 0 Å². The van der Waals surface area contributed by atoms with E-state index >= 15 is 0 Å². The predicted molar refractivity (Wildman–Crippen MR) is 61.3 cm³/mol. The maximum atomic E-state index is 4.27. The maximum absolute atomic E-state index is 4.27. The van der Waals surface area contributed by atoms with Crippen molar-refractivity contribution in [2.24, 2.45) is 4.99 Å². The van der Waals surface area contributed by atoms with Crippen LogP contribution in [0.3, 0.4) is 0 Å². The number of aromatic nitrogens is 2. The van der Waals surface area contributed by atoms with Crippen molar-refractivity contribution in [2.75, 3.05) is 18.4 Å². The molecule has 0 radical (unpaired) electrons. The molecule has 0 unspecified atom stereocenters. The Morgan fingerprint density at radius 1 is 1.33 bits per heavy atom. The summed E-state index contributed by atoms with van der Waals surface area (Å²) in [5.74, 6) is 0.815. The van der Waals surface area contributed by atoms with E-state index in [0.29, 0.717) is 0 Å². The van der Waals surface area contributed by atoms with Crippen molar-refractivity contribution in [3.63, 3.8) is 0 Å². The molecule has 5 nitrogen and oxygen atoms in total. The van der Waals surface area contributed by atoms with E-state index in [1.807, 2.05) is 18.2 Å². The highest BCUT2D eigenvalue weighted by Crippen LogP contribution is 2.20. The molecule has 0 atom stereocenters. The number of hydrogen-bond acceptors (Lipinski definition) is 6. The summed E-state index contributed by atoms with van der Waals surface area (Å²) >= 11 is 1.22. The van der Waals surface area contributed by atoms with Crippen LogP contribution in [0.2, 0.25) is 0 Å². The summed E-state index contributed by atoms with van der Waals surface area (Å²) in [5, 5.41) is 6.37. The number of anilines is 1. The summed E-state index contributed by atoms with van der Waals surface area (Å²) < 4.78 is 8.43. The van der Waals surface area contributed by atoms with E-state index in [2.05, 4.69) is 24.4 Å². The Bertz CT molecular complexity index is 518. The Kier molecular flexibility index (Phi) is 1.99. The van der Waals surface area contributed by atoms with E-state index in [9.17, 15) is 0 Å².